The second-order valence-electron chi connectivity index (χ2n) is 8.91. The van der Waals surface area contributed by atoms with Crippen LogP contribution in [0.5, 0.6) is 17.2 Å². The molecule has 0 bridgehead atoms. The molecule has 4 heteroatoms. The minimum atomic E-state index is -0.508. The largest absolute Gasteiger partial charge is 0.484 e. The van der Waals surface area contributed by atoms with Gasteiger partial charge >= 0.3 is 0 Å². The highest BCUT2D eigenvalue weighted by atomic mass is 16.5. The predicted molar refractivity (Wildman–Crippen MR) is 113 cm³/mol. The molecule has 0 saturated heterocycles. The Kier molecular flexibility index (Phi) is 3.73. The minimum absolute atomic E-state index is 0.0310. The third-order valence-electron chi connectivity index (χ3n) is 5.55. The van der Waals surface area contributed by atoms with E-state index < -0.39 is 11.2 Å². The Bertz CT molecular complexity index is 1070. The third-order valence-corrected chi connectivity index (χ3v) is 5.55. The summed E-state index contributed by atoms with van der Waals surface area (Å²) in [5.41, 5.74) is 2.17. The monoisotopic (exact) mass is 388 g/mol. The van der Waals surface area contributed by atoms with Crippen molar-refractivity contribution in [2.45, 2.75) is 51.4 Å². The summed E-state index contributed by atoms with van der Waals surface area (Å²) in [7, 11) is 0. The molecule has 0 aromatic heterocycles. The Balaban J connectivity index is 1.74. The molecule has 148 valence electrons. The Morgan fingerprint density at radius 1 is 0.828 bits per heavy atom. The number of rotatable bonds is 1. The molecule has 0 radical (unpaired) electrons. The molecular weight excluding hydrogens is 364 g/mol. The zero-order chi connectivity index (χ0) is 20.4. The SMILES string of the molecule is CC1(C)C=Cc2c(c3c(c4c2O[C@H](c2ccccc2)CC4=O)OC(C)(C)C=C3)O1. The first kappa shape index (κ1) is 18.0. The van der Waals surface area contributed by atoms with Gasteiger partial charge < -0.3 is 14.2 Å². The summed E-state index contributed by atoms with van der Waals surface area (Å²) in [6, 6.07) is 9.87. The summed E-state index contributed by atoms with van der Waals surface area (Å²) < 4.78 is 19.0. The van der Waals surface area contributed by atoms with Crippen molar-refractivity contribution in [3.8, 4) is 17.2 Å². The van der Waals surface area contributed by atoms with Crippen LogP contribution in [-0.2, 0) is 0 Å². The van der Waals surface area contributed by atoms with Crippen LogP contribution in [0.3, 0.4) is 0 Å². The molecule has 3 aliphatic heterocycles. The summed E-state index contributed by atoms with van der Waals surface area (Å²) in [6.07, 6.45) is 7.97. The maximum Gasteiger partial charge on any atom is 0.174 e. The highest BCUT2D eigenvalue weighted by Crippen LogP contribution is 2.53. The van der Waals surface area contributed by atoms with Crippen molar-refractivity contribution in [1.82, 2.24) is 0 Å². The van der Waals surface area contributed by atoms with Crippen LogP contribution in [0.1, 0.15) is 67.3 Å². The smallest absolute Gasteiger partial charge is 0.174 e. The van der Waals surface area contributed by atoms with E-state index in [1.165, 1.54) is 0 Å². The molecule has 0 fully saturated rings. The van der Waals surface area contributed by atoms with Crippen molar-refractivity contribution in [3.63, 3.8) is 0 Å². The number of fused-ring (bicyclic) bond motifs is 6. The molecular formula is C25H24O4. The molecule has 0 N–H and O–H groups in total. The van der Waals surface area contributed by atoms with Gasteiger partial charge in [-0.05, 0) is 57.6 Å². The van der Waals surface area contributed by atoms with E-state index in [4.69, 9.17) is 14.2 Å². The highest BCUT2D eigenvalue weighted by Gasteiger charge is 2.40. The Morgan fingerprint density at radius 3 is 2.07 bits per heavy atom. The molecule has 3 aliphatic rings. The van der Waals surface area contributed by atoms with Gasteiger partial charge in [0.15, 0.2) is 5.78 Å². The Labute approximate surface area is 170 Å². The molecule has 0 unspecified atom stereocenters. The van der Waals surface area contributed by atoms with E-state index in [9.17, 15) is 4.79 Å². The fourth-order valence-electron chi connectivity index (χ4n) is 4.09. The second kappa shape index (κ2) is 5.99. The van der Waals surface area contributed by atoms with Gasteiger partial charge in [0.1, 0.15) is 40.1 Å². The fourth-order valence-corrected chi connectivity index (χ4v) is 4.09. The fraction of sp³-hybridized carbons (Fsp3) is 0.320. The number of ketones is 1. The van der Waals surface area contributed by atoms with Crippen molar-refractivity contribution in [2.24, 2.45) is 0 Å². The molecule has 2 aromatic rings. The third kappa shape index (κ3) is 2.94. The number of benzene rings is 2. The minimum Gasteiger partial charge on any atom is -0.484 e. The van der Waals surface area contributed by atoms with Crippen LogP contribution in [0, 0.1) is 0 Å². The zero-order valence-electron chi connectivity index (χ0n) is 17.1. The number of Topliss-reactive ketones (excluding diaryl/α,β-unsaturated/α-hetero) is 1. The summed E-state index contributed by atoms with van der Waals surface area (Å²) in [4.78, 5) is 13.3. The second-order valence-corrected chi connectivity index (χ2v) is 8.91. The first-order chi connectivity index (χ1) is 13.7. The van der Waals surface area contributed by atoms with E-state index in [-0.39, 0.29) is 18.3 Å². The molecule has 5 rings (SSSR count). The van der Waals surface area contributed by atoms with Gasteiger partial charge in [-0.3, -0.25) is 4.79 Å². The summed E-state index contributed by atoms with van der Waals surface area (Å²) in [5.74, 6) is 1.86. The van der Waals surface area contributed by atoms with Gasteiger partial charge in [-0.1, -0.05) is 30.3 Å². The van der Waals surface area contributed by atoms with E-state index in [1.807, 2.05) is 82.3 Å². The van der Waals surface area contributed by atoms with Crippen LogP contribution in [0.25, 0.3) is 12.2 Å². The van der Waals surface area contributed by atoms with Crippen molar-refractivity contribution in [1.29, 1.82) is 0 Å². The highest BCUT2D eigenvalue weighted by molar-refractivity contribution is 6.06. The molecule has 0 spiro atoms. The van der Waals surface area contributed by atoms with Gasteiger partial charge in [-0.2, -0.15) is 0 Å². The normalized spacial score (nSPS) is 22.5. The van der Waals surface area contributed by atoms with Crippen LogP contribution < -0.4 is 14.2 Å². The van der Waals surface area contributed by atoms with Crippen LogP contribution >= 0.6 is 0 Å². The van der Waals surface area contributed by atoms with E-state index in [2.05, 4.69) is 0 Å². The lowest BCUT2D eigenvalue weighted by Gasteiger charge is -2.37. The van der Waals surface area contributed by atoms with Gasteiger partial charge in [0.2, 0.25) is 0 Å². The van der Waals surface area contributed by atoms with Gasteiger partial charge in [0.05, 0.1) is 17.5 Å². The van der Waals surface area contributed by atoms with E-state index in [1.54, 1.807) is 0 Å². The summed E-state index contributed by atoms with van der Waals surface area (Å²) >= 11 is 0. The molecule has 1 atom stereocenters. The first-order valence-electron chi connectivity index (χ1n) is 9.99. The standard InChI is InChI=1S/C25H24O4/c1-24(2)12-10-16-21(28-24)17-11-13-25(3,4)29-23(17)20-18(26)14-19(27-22(16)20)15-8-6-5-7-9-15/h5-13,19H,14H2,1-4H3/t19-/m0/s1. The van der Waals surface area contributed by atoms with Crippen molar-refractivity contribution in [2.75, 3.05) is 0 Å². The number of carbonyl (C=O) groups is 1. The number of carbonyl (C=O) groups excluding carboxylic acids is 1. The molecule has 2 aromatic carbocycles. The molecule has 3 heterocycles. The number of hydrogen-bond acceptors (Lipinski definition) is 4. The first-order valence-corrected chi connectivity index (χ1v) is 9.99. The van der Waals surface area contributed by atoms with Gasteiger partial charge in [0.25, 0.3) is 0 Å². The maximum atomic E-state index is 13.3. The quantitative estimate of drug-likeness (QED) is 0.623. The van der Waals surface area contributed by atoms with Gasteiger partial charge in [-0.25, -0.2) is 0 Å². The molecule has 0 aliphatic carbocycles. The zero-order valence-corrected chi connectivity index (χ0v) is 17.1. The van der Waals surface area contributed by atoms with Crippen LogP contribution in [0.2, 0.25) is 0 Å². The summed E-state index contributed by atoms with van der Waals surface area (Å²) in [5, 5.41) is 0. The van der Waals surface area contributed by atoms with Crippen LogP contribution in [0.15, 0.2) is 42.5 Å². The van der Waals surface area contributed by atoms with Crippen molar-refractivity contribution in [3.05, 3.63) is 64.7 Å². The maximum absolute atomic E-state index is 13.3. The summed E-state index contributed by atoms with van der Waals surface area (Å²) in [6.45, 7) is 7.97. The average molecular weight is 388 g/mol. The van der Waals surface area contributed by atoms with Gasteiger partial charge in [-0.15, -0.1) is 0 Å². The predicted octanol–water partition coefficient (Wildman–Crippen LogP) is 5.76. The molecule has 0 amide bonds. The lowest BCUT2D eigenvalue weighted by atomic mass is 9.87. The Hall–Kier alpha value is -3.01. The topological polar surface area (TPSA) is 44.8 Å². The number of hydrogen-bond donors (Lipinski definition) is 0. The lowest BCUT2D eigenvalue weighted by molar-refractivity contribution is 0.0823. The number of ether oxygens (including phenoxy) is 3. The lowest BCUT2D eigenvalue weighted by Crippen LogP contribution is -2.33. The average Bonchev–Trinajstić information content (AvgIpc) is 2.66. The van der Waals surface area contributed by atoms with E-state index in [0.717, 1.165) is 16.7 Å². The Morgan fingerprint density at radius 2 is 1.41 bits per heavy atom. The molecule has 0 saturated carbocycles. The van der Waals surface area contributed by atoms with E-state index in [0.29, 0.717) is 22.8 Å². The van der Waals surface area contributed by atoms with Crippen LogP contribution in [-0.4, -0.2) is 17.0 Å². The van der Waals surface area contributed by atoms with Gasteiger partial charge in [0, 0.05) is 0 Å². The van der Waals surface area contributed by atoms with Crippen molar-refractivity contribution >= 4 is 17.9 Å². The van der Waals surface area contributed by atoms with Crippen LogP contribution in [0.4, 0.5) is 0 Å². The van der Waals surface area contributed by atoms with Crippen molar-refractivity contribution < 1.29 is 19.0 Å². The molecule has 4 nitrogen and oxygen atoms in total. The van der Waals surface area contributed by atoms with E-state index >= 15 is 0 Å². The molecule has 29 heavy (non-hydrogen) atoms.